The predicted octanol–water partition coefficient (Wildman–Crippen LogP) is 3.91. The second-order valence-corrected chi connectivity index (χ2v) is 17.8. The third-order valence-corrected chi connectivity index (χ3v) is 12.8. The maximum atomic E-state index is 15.2. The molecule has 2 saturated carbocycles. The normalized spacial score (nSPS) is 33.3. The topological polar surface area (TPSA) is 213 Å². The molecule has 1 heterocycles. The zero-order chi connectivity index (χ0) is 43.5. The van der Waals surface area contributed by atoms with Crippen molar-refractivity contribution in [3.63, 3.8) is 0 Å². The zero-order valence-corrected chi connectivity index (χ0v) is 34.8. The van der Waals surface area contributed by atoms with Crippen LogP contribution in [0.4, 0.5) is 4.79 Å². The first-order valence-electron chi connectivity index (χ1n) is 19.7. The number of alkyl carbamates (subject to hydrolysis) is 1. The van der Waals surface area contributed by atoms with Crippen molar-refractivity contribution in [2.75, 3.05) is 13.7 Å². The van der Waals surface area contributed by atoms with Crippen LogP contribution in [0.3, 0.4) is 0 Å². The monoisotopic (exact) mass is 821 g/mol. The van der Waals surface area contributed by atoms with Gasteiger partial charge in [-0.2, -0.15) is 0 Å². The summed E-state index contributed by atoms with van der Waals surface area (Å²) in [7, 11) is 1.39. The van der Waals surface area contributed by atoms with E-state index in [9.17, 15) is 34.5 Å². The highest BCUT2D eigenvalue weighted by Crippen LogP contribution is 2.64. The molecular formula is C44H55NO14. The summed E-state index contributed by atoms with van der Waals surface area (Å²) in [4.78, 5) is 69.4. The minimum absolute atomic E-state index is 0.00108. The molecule has 6 rings (SSSR count). The number of aliphatic hydroxyl groups is 3. The highest BCUT2D eigenvalue weighted by atomic mass is 16.6. The van der Waals surface area contributed by atoms with Crippen molar-refractivity contribution >= 4 is 29.8 Å². The van der Waals surface area contributed by atoms with Crippen LogP contribution >= 0.6 is 0 Å². The second kappa shape index (κ2) is 15.7. The molecule has 3 fully saturated rings. The van der Waals surface area contributed by atoms with Gasteiger partial charge < -0.3 is 49.1 Å². The Morgan fingerprint density at radius 3 is 2.12 bits per heavy atom. The van der Waals surface area contributed by atoms with Crippen LogP contribution in [0.1, 0.15) is 90.2 Å². The van der Waals surface area contributed by atoms with Crippen LogP contribution in [0.2, 0.25) is 0 Å². The molecule has 1 aliphatic heterocycles. The Morgan fingerprint density at radius 1 is 0.966 bits per heavy atom. The quantitative estimate of drug-likeness (QED) is 0.161. The van der Waals surface area contributed by atoms with Gasteiger partial charge in [0.05, 0.1) is 35.6 Å². The number of carbonyl (C=O) groups is 5. The van der Waals surface area contributed by atoms with E-state index in [1.165, 1.54) is 26.2 Å². The summed E-state index contributed by atoms with van der Waals surface area (Å²) in [5.74, 6) is -4.98. The van der Waals surface area contributed by atoms with Crippen molar-refractivity contribution in [3.05, 3.63) is 82.9 Å². The first-order valence-corrected chi connectivity index (χ1v) is 19.7. The van der Waals surface area contributed by atoms with Crippen LogP contribution in [0.15, 0.2) is 71.8 Å². The number of nitrogens with one attached hydrogen (secondary N) is 1. The summed E-state index contributed by atoms with van der Waals surface area (Å²) < 4.78 is 35.9. The number of hydrogen-bond acceptors (Lipinski definition) is 14. The van der Waals surface area contributed by atoms with E-state index in [1.807, 2.05) is 0 Å². The van der Waals surface area contributed by atoms with Crippen LogP contribution in [0.25, 0.3) is 0 Å². The van der Waals surface area contributed by atoms with Gasteiger partial charge in [-0.3, -0.25) is 9.59 Å². The van der Waals surface area contributed by atoms with E-state index in [0.717, 1.165) is 0 Å². The molecule has 15 heteroatoms. The second-order valence-electron chi connectivity index (χ2n) is 17.8. The first-order chi connectivity index (χ1) is 27.5. The Morgan fingerprint density at radius 2 is 1.58 bits per heavy atom. The fourth-order valence-electron chi connectivity index (χ4n) is 9.88. The molecule has 15 nitrogen and oxygen atoms in total. The molecule has 11 atom stereocenters. The number of carbonyl (C=O) groups excluding carboxylic acids is 5. The van der Waals surface area contributed by atoms with Crippen LogP contribution < -0.4 is 5.32 Å². The molecule has 1 saturated heterocycles. The molecule has 1 amide bonds. The summed E-state index contributed by atoms with van der Waals surface area (Å²) in [5, 5.41) is 40.1. The summed E-state index contributed by atoms with van der Waals surface area (Å²) in [6.07, 6.45) is -10.3. The van der Waals surface area contributed by atoms with E-state index in [1.54, 1.807) is 97.0 Å². The summed E-state index contributed by atoms with van der Waals surface area (Å²) in [5.41, 5.74) is -7.57. The highest BCUT2D eigenvalue weighted by molar-refractivity contribution is 5.94. The Balaban J connectivity index is 1.50. The smallest absolute Gasteiger partial charge is 0.408 e. The lowest BCUT2D eigenvalue weighted by molar-refractivity contribution is -0.347. The SMILES string of the molecule is CO[C@H]1C[C@H]2OC[C@@]2(OC(C)=O)[C@H]2[C@H](OC(=O)c3ccccc3)[C@]3(O)C[C@H](OC(=O)[C@H](O)C(NC(=O)OC(C)(C)C)c4ccccc4)C(C)=C([C@@H](O)C(=O)[C@]12C)C3(C)C. The van der Waals surface area contributed by atoms with Gasteiger partial charge in [-0.25, -0.2) is 14.4 Å². The Bertz CT molecular complexity index is 1990. The van der Waals surface area contributed by atoms with Crippen LogP contribution in [-0.4, -0.2) is 112 Å². The van der Waals surface area contributed by atoms with E-state index in [2.05, 4.69) is 5.32 Å². The van der Waals surface area contributed by atoms with Gasteiger partial charge in [0.25, 0.3) is 0 Å². The fraction of sp³-hybridized carbons (Fsp3) is 0.568. The van der Waals surface area contributed by atoms with Crippen molar-refractivity contribution in [3.8, 4) is 0 Å². The molecular weight excluding hydrogens is 766 g/mol. The van der Waals surface area contributed by atoms with Crippen LogP contribution in [0.5, 0.6) is 0 Å². The Labute approximate surface area is 343 Å². The van der Waals surface area contributed by atoms with Gasteiger partial charge in [-0.05, 0) is 63.5 Å². The minimum Gasteiger partial charge on any atom is -0.456 e. The standard InChI is InChI=1S/C44H55NO14/c1-23-27(56-38(51)33(48)31(25-16-12-10-13-17-25)45-39(52)59-40(3,4)5)21-44(53)36(57-37(50)26-18-14-11-15-19-26)34-42(8,35(49)32(47)30(23)41(44,6)7)28(54-9)20-29-43(34,22-55-29)58-24(2)46/h10-19,27-29,31-34,36,47-48,53H,20-22H2,1-9H3,(H,45,52)/t27-,28-,29+,31?,32+,33+,34-,36-,42+,43-,44+/m0/s1. The number of amides is 1. The highest BCUT2D eigenvalue weighted by Gasteiger charge is 2.78. The zero-order valence-electron chi connectivity index (χ0n) is 34.8. The van der Waals surface area contributed by atoms with E-state index in [-0.39, 0.29) is 29.7 Å². The predicted molar refractivity (Wildman–Crippen MR) is 208 cm³/mol. The van der Waals surface area contributed by atoms with E-state index in [0.29, 0.717) is 5.56 Å². The minimum atomic E-state index is -2.30. The molecule has 0 radical (unpaired) electrons. The van der Waals surface area contributed by atoms with Gasteiger partial charge in [-0.1, -0.05) is 62.4 Å². The maximum absolute atomic E-state index is 15.2. The number of Topliss-reactive ketones (excluding diaryl/α,β-unsaturated/α-hetero) is 1. The molecule has 320 valence electrons. The van der Waals surface area contributed by atoms with Gasteiger partial charge in [0.1, 0.15) is 35.6 Å². The van der Waals surface area contributed by atoms with Gasteiger partial charge in [-0.15, -0.1) is 0 Å². The van der Waals surface area contributed by atoms with Crippen molar-refractivity contribution in [2.45, 2.75) is 128 Å². The van der Waals surface area contributed by atoms with Gasteiger partial charge in [0, 0.05) is 32.3 Å². The van der Waals surface area contributed by atoms with Crippen molar-refractivity contribution < 1.29 is 67.7 Å². The number of benzene rings is 2. The van der Waals surface area contributed by atoms with Crippen molar-refractivity contribution in [1.82, 2.24) is 5.32 Å². The first kappa shape index (κ1) is 43.9. The third-order valence-electron chi connectivity index (χ3n) is 12.8. The average molecular weight is 822 g/mol. The van der Waals surface area contributed by atoms with E-state index >= 15 is 4.79 Å². The Kier molecular flexibility index (Phi) is 11.7. The van der Waals surface area contributed by atoms with E-state index < -0.39 is 112 Å². The summed E-state index contributed by atoms with van der Waals surface area (Å²) in [6, 6.07) is 14.8. The average Bonchev–Trinajstić information content (AvgIpc) is 3.16. The molecule has 0 spiro atoms. The number of ketones is 1. The van der Waals surface area contributed by atoms with Gasteiger partial charge in [0.15, 0.2) is 17.5 Å². The number of methoxy groups -OCH3 is 1. The van der Waals surface area contributed by atoms with Crippen molar-refractivity contribution in [1.29, 1.82) is 0 Å². The van der Waals surface area contributed by atoms with Crippen molar-refractivity contribution in [2.24, 2.45) is 16.7 Å². The molecule has 4 aliphatic rings. The number of hydrogen-bond donors (Lipinski definition) is 4. The Hall–Kier alpha value is -4.67. The molecule has 2 aromatic carbocycles. The largest absolute Gasteiger partial charge is 0.456 e. The summed E-state index contributed by atoms with van der Waals surface area (Å²) in [6.45, 7) is 12.2. The van der Waals surface area contributed by atoms with Gasteiger partial charge in [0.2, 0.25) is 0 Å². The molecule has 4 N–H and O–H groups in total. The number of ether oxygens (including phenoxy) is 6. The lowest BCUT2D eigenvalue weighted by Crippen LogP contribution is -2.82. The maximum Gasteiger partial charge on any atom is 0.408 e. The fourth-order valence-corrected chi connectivity index (χ4v) is 9.88. The molecule has 59 heavy (non-hydrogen) atoms. The lowest BCUT2D eigenvalue weighted by Gasteiger charge is -2.67. The van der Waals surface area contributed by atoms with Gasteiger partial charge >= 0.3 is 24.0 Å². The number of fused-ring (bicyclic) bond motifs is 5. The summed E-state index contributed by atoms with van der Waals surface area (Å²) >= 11 is 0. The molecule has 2 aromatic rings. The third kappa shape index (κ3) is 7.45. The van der Waals surface area contributed by atoms with E-state index in [4.69, 9.17) is 28.4 Å². The molecule has 2 bridgehead atoms. The number of rotatable bonds is 9. The number of aliphatic hydroxyl groups excluding tert-OH is 2. The number of esters is 3. The van der Waals surface area contributed by atoms with Crippen LogP contribution in [0, 0.1) is 16.7 Å². The van der Waals surface area contributed by atoms with Crippen LogP contribution in [-0.2, 0) is 42.8 Å². The molecule has 3 aliphatic carbocycles. The molecule has 0 aromatic heterocycles. The lowest BCUT2D eigenvalue weighted by atomic mass is 9.44. The molecule has 1 unspecified atom stereocenters.